The van der Waals surface area contributed by atoms with Gasteiger partial charge in [0.05, 0.1) is 43.3 Å². The lowest BCUT2D eigenvalue weighted by atomic mass is 9.86. The number of ether oxygens (including phenoxy) is 1. The second-order valence-electron chi connectivity index (χ2n) is 8.34. The number of nitrogens with zero attached hydrogens (tertiary/aromatic N) is 3. The van der Waals surface area contributed by atoms with E-state index < -0.39 is 53.9 Å². The van der Waals surface area contributed by atoms with Gasteiger partial charge < -0.3 is 24.6 Å². The van der Waals surface area contributed by atoms with Gasteiger partial charge in [0.15, 0.2) is 0 Å². The maximum absolute atomic E-state index is 14.5. The molecule has 37 heavy (non-hydrogen) atoms. The van der Waals surface area contributed by atoms with Crippen molar-refractivity contribution >= 4 is 16.9 Å². The number of aromatic nitrogens is 3. The van der Waals surface area contributed by atoms with Gasteiger partial charge in [-0.2, -0.15) is 18.3 Å². The fraction of sp³-hybridized carbons (Fsp3) is 0.280. The van der Waals surface area contributed by atoms with Crippen molar-refractivity contribution in [3.8, 4) is 5.69 Å². The Bertz CT molecular complexity index is 1410. The predicted octanol–water partition coefficient (Wildman–Crippen LogP) is 3.29. The molecule has 196 valence electrons. The average Bonchev–Trinajstić information content (AvgIpc) is 3.47. The van der Waals surface area contributed by atoms with Crippen molar-refractivity contribution in [2.45, 2.75) is 31.3 Å². The molecule has 8 nitrogen and oxygen atoms in total. The van der Waals surface area contributed by atoms with Crippen LogP contribution in [0.5, 0.6) is 0 Å². The number of fused-ring (bicyclic) bond motifs is 1. The number of benzene rings is 2. The lowest BCUT2D eigenvalue weighted by Crippen LogP contribution is -2.43. The second kappa shape index (κ2) is 9.96. The Balaban J connectivity index is 1.84. The van der Waals surface area contributed by atoms with Gasteiger partial charge in [-0.15, -0.1) is 0 Å². The topological polar surface area (TPSA) is 110 Å². The highest BCUT2D eigenvalue weighted by molar-refractivity contribution is 5.88. The maximum Gasteiger partial charge on any atom is 0.425 e. The Morgan fingerprint density at radius 1 is 1.11 bits per heavy atom. The molecule has 0 saturated heterocycles. The summed E-state index contributed by atoms with van der Waals surface area (Å²) in [7, 11) is 0. The monoisotopic (exact) mass is 521 g/mol. The molecule has 2 heterocycles. The van der Waals surface area contributed by atoms with E-state index in [0.29, 0.717) is 11.2 Å². The summed E-state index contributed by atoms with van der Waals surface area (Å²) in [6.45, 7) is 0.346. The zero-order valence-electron chi connectivity index (χ0n) is 19.5. The molecule has 2 aromatic carbocycles. The van der Waals surface area contributed by atoms with Crippen LogP contribution >= 0.6 is 0 Å². The van der Waals surface area contributed by atoms with Gasteiger partial charge >= 0.3 is 12.1 Å². The van der Waals surface area contributed by atoms with Gasteiger partial charge in [0.2, 0.25) is 5.60 Å². The van der Waals surface area contributed by atoms with Crippen molar-refractivity contribution in [3.63, 3.8) is 0 Å². The van der Waals surface area contributed by atoms with E-state index in [1.54, 1.807) is 0 Å². The molecule has 0 saturated carbocycles. The number of carbonyl (C=O) groups excluding carboxylic acids is 1. The summed E-state index contributed by atoms with van der Waals surface area (Å²) in [6.07, 6.45) is -4.39. The molecule has 0 aliphatic heterocycles. The summed E-state index contributed by atoms with van der Waals surface area (Å²) in [4.78, 5) is 12.4. The van der Waals surface area contributed by atoms with Gasteiger partial charge in [0, 0.05) is 17.1 Å². The lowest BCUT2D eigenvalue weighted by Gasteiger charge is -2.30. The van der Waals surface area contributed by atoms with E-state index in [1.165, 1.54) is 48.1 Å². The van der Waals surface area contributed by atoms with E-state index in [0.717, 1.165) is 29.0 Å². The fourth-order valence-electron chi connectivity index (χ4n) is 4.06. The number of halogens is 4. The highest BCUT2D eigenvalue weighted by Crippen LogP contribution is 2.45. The number of aliphatic hydroxyl groups is 3. The van der Waals surface area contributed by atoms with E-state index in [-0.39, 0.29) is 17.7 Å². The van der Waals surface area contributed by atoms with Gasteiger partial charge in [-0.25, -0.2) is 13.9 Å². The molecule has 4 aromatic rings. The van der Waals surface area contributed by atoms with Crippen molar-refractivity contribution < 1.29 is 42.4 Å². The first-order valence-corrected chi connectivity index (χ1v) is 11.2. The molecule has 0 amide bonds. The number of hydrogen-bond donors (Lipinski definition) is 3. The normalized spacial score (nSPS) is 14.5. The van der Waals surface area contributed by atoms with Crippen LogP contribution in [0.4, 0.5) is 17.6 Å². The van der Waals surface area contributed by atoms with E-state index in [1.807, 2.05) is 0 Å². The first-order valence-electron chi connectivity index (χ1n) is 11.2. The second-order valence-corrected chi connectivity index (χ2v) is 8.34. The highest BCUT2D eigenvalue weighted by atomic mass is 19.4. The van der Waals surface area contributed by atoms with Gasteiger partial charge in [-0.05, 0) is 55.0 Å². The molecular formula is C25H23F4N3O5. The molecule has 0 aliphatic rings. The summed E-state index contributed by atoms with van der Waals surface area (Å²) >= 11 is 0. The van der Waals surface area contributed by atoms with Crippen LogP contribution in [0.1, 0.15) is 28.5 Å². The fourth-order valence-corrected chi connectivity index (χ4v) is 4.06. The minimum Gasteiger partial charge on any atom is -0.461 e. The Hall–Kier alpha value is -3.74. The summed E-state index contributed by atoms with van der Waals surface area (Å²) in [5.41, 5.74) is -4.21. The molecule has 2 aromatic heterocycles. The first kappa shape index (κ1) is 26.3. The van der Waals surface area contributed by atoms with Crippen LogP contribution in [-0.4, -0.2) is 61.1 Å². The predicted molar refractivity (Wildman–Crippen MR) is 124 cm³/mol. The van der Waals surface area contributed by atoms with Crippen LogP contribution in [-0.2, 0) is 16.9 Å². The molecule has 3 N–H and O–H groups in total. The van der Waals surface area contributed by atoms with Gasteiger partial charge in [-0.3, -0.25) is 0 Å². The zero-order chi connectivity index (χ0) is 27.0. The van der Waals surface area contributed by atoms with Gasteiger partial charge in [-0.1, -0.05) is 6.07 Å². The van der Waals surface area contributed by atoms with E-state index in [2.05, 4.69) is 5.10 Å². The summed E-state index contributed by atoms with van der Waals surface area (Å²) in [5, 5.41) is 34.6. The van der Waals surface area contributed by atoms with Crippen LogP contribution in [0.2, 0.25) is 0 Å². The van der Waals surface area contributed by atoms with Crippen molar-refractivity contribution in [1.82, 2.24) is 14.3 Å². The molecular weight excluding hydrogens is 498 g/mol. The van der Waals surface area contributed by atoms with Gasteiger partial charge in [0.1, 0.15) is 11.5 Å². The minimum atomic E-state index is -5.22. The van der Waals surface area contributed by atoms with Crippen LogP contribution in [0, 0.1) is 5.82 Å². The minimum absolute atomic E-state index is 0.0554. The van der Waals surface area contributed by atoms with Crippen LogP contribution < -0.4 is 0 Å². The van der Waals surface area contributed by atoms with Crippen molar-refractivity contribution in [2.75, 3.05) is 13.2 Å². The van der Waals surface area contributed by atoms with Gasteiger partial charge in [0.25, 0.3) is 0 Å². The standard InChI is InChI=1S/C25H23F4N3O5/c1-2-37-23(35)22-10-17(12-31(22)13-20(34)14-33)24(36,25(27,28)29)16-3-8-21-15(9-16)11-30-32(21)19-6-4-18(26)5-7-19/h3-12,20,33-34,36H,2,13-14H2,1H3. The number of aliphatic hydroxyl groups excluding tert-OH is 2. The van der Waals surface area contributed by atoms with Crippen LogP contribution in [0.15, 0.2) is 60.9 Å². The van der Waals surface area contributed by atoms with Crippen molar-refractivity contribution in [2.24, 2.45) is 0 Å². The van der Waals surface area contributed by atoms with Crippen LogP contribution in [0.3, 0.4) is 0 Å². The highest BCUT2D eigenvalue weighted by Gasteiger charge is 2.57. The lowest BCUT2D eigenvalue weighted by molar-refractivity contribution is -0.248. The molecule has 12 heteroatoms. The van der Waals surface area contributed by atoms with Crippen molar-refractivity contribution in [1.29, 1.82) is 0 Å². The molecule has 0 fully saturated rings. The third kappa shape index (κ3) is 4.82. The number of esters is 1. The molecule has 0 spiro atoms. The SMILES string of the molecule is CCOC(=O)c1cc(C(O)(c2ccc3c(cnn3-c3ccc(F)cc3)c2)C(F)(F)F)cn1CC(O)CO. The quantitative estimate of drug-likeness (QED) is 0.243. The molecule has 0 bridgehead atoms. The summed E-state index contributed by atoms with van der Waals surface area (Å²) in [5.74, 6) is -1.42. The van der Waals surface area contributed by atoms with Crippen molar-refractivity contribution in [3.05, 3.63) is 83.6 Å². The van der Waals surface area contributed by atoms with E-state index in [9.17, 15) is 32.6 Å². The Kier molecular flexibility index (Phi) is 7.09. The number of hydrogen-bond acceptors (Lipinski definition) is 6. The largest absolute Gasteiger partial charge is 0.461 e. The summed E-state index contributed by atoms with van der Waals surface area (Å²) < 4.78 is 64.1. The van der Waals surface area contributed by atoms with E-state index in [4.69, 9.17) is 9.84 Å². The number of alkyl halides is 3. The molecule has 2 unspecified atom stereocenters. The molecule has 0 radical (unpaired) electrons. The third-order valence-electron chi connectivity index (χ3n) is 5.88. The average molecular weight is 521 g/mol. The Morgan fingerprint density at radius 3 is 2.43 bits per heavy atom. The third-order valence-corrected chi connectivity index (χ3v) is 5.88. The Morgan fingerprint density at radius 2 is 1.81 bits per heavy atom. The summed E-state index contributed by atoms with van der Waals surface area (Å²) in [6, 6.07) is 9.77. The van der Waals surface area contributed by atoms with E-state index >= 15 is 0 Å². The molecule has 0 aliphatic carbocycles. The molecule has 4 rings (SSSR count). The maximum atomic E-state index is 14.5. The molecule has 2 atom stereocenters. The smallest absolute Gasteiger partial charge is 0.425 e. The number of rotatable bonds is 8. The first-order chi connectivity index (χ1) is 17.5. The van der Waals surface area contributed by atoms with Crippen LogP contribution in [0.25, 0.3) is 16.6 Å². The number of carbonyl (C=O) groups is 1. The Labute approximate surface area is 207 Å². The zero-order valence-corrected chi connectivity index (χ0v) is 19.5.